The Labute approximate surface area is 282 Å². The molecule has 2 aromatic heterocycles. The van der Waals surface area contributed by atoms with Crippen molar-refractivity contribution in [3.05, 3.63) is 71.4 Å². The van der Waals surface area contributed by atoms with Crippen LogP contribution in [0.5, 0.6) is 23.3 Å². The molecule has 1 aliphatic rings. The zero-order valence-electron chi connectivity index (χ0n) is 28.9. The molecule has 0 radical (unpaired) electrons. The molecule has 0 atom stereocenters. The van der Waals surface area contributed by atoms with E-state index in [1.165, 1.54) is 17.6 Å². The van der Waals surface area contributed by atoms with Gasteiger partial charge in [-0.1, -0.05) is 12.1 Å². The molecule has 254 valence electrons. The fraction of sp³-hybridized carbons (Fsp3) is 0.389. The second-order valence-electron chi connectivity index (χ2n) is 11.9. The number of pyridine rings is 1. The van der Waals surface area contributed by atoms with E-state index in [9.17, 15) is 4.79 Å². The van der Waals surface area contributed by atoms with Gasteiger partial charge in [0.2, 0.25) is 17.7 Å². The number of ether oxygens (including phenoxy) is 4. The van der Waals surface area contributed by atoms with Crippen molar-refractivity contribution in [2.75, 3.05) is 77.9 Å². The van der Waals surface area contributed by atoms with E-state index in [0.29, 0.717) is 41.1 Å². The molecule has 1 aliphatic heterocycles. The first-order valence-corrected chi connectivity index (χ1v) is 16.1. The van der Waals surface area contributed by atoms with E-state index in [0.717, 1.165) is 55.8 Å². The van der Waals surface area contributed by atoms with Crippen LogP contribution >= 0.6 is 0 Å². The lowest BCUT2D eigenvalue weighted by Crippen LogP contribution is -2.44. The smallest absolute Gasteiger partial charge is 0.420 e. The number of hydrogen-bond donors (Lipinski definition) is 1. The standard InChI is InChI=1S/C36H45N7O5/c1-24-9-12-29(26(3)25(24)2)30-22-34(48-36(44)42(5)31-21-28(45-6)11-13-32(31)46-7)40-35(39-30)38-27-10-14-33(37-23-27)47-20-8-15-43-18-16-41(4)17-19-43/h9-14,21-23H,8,15-20H2,1-7H3,(H,38,39,40). The van der Waals surface area contributed by atoms with Gasteiger partial charge in [0.25, 0.3) is 0 Å². The number of aromatic nitrogens is 3. The molecule has 2 aromatic carbocycles. The van der Waals surface area contributed by atoms with E-state index in [1.807, 2.05) is 18.2 Å². The van der Waals surface area contributed by atoms with E-state index in [2.05, 4.69) is 59.0 Å². The molecule has 1 amide bonds. The predicted octanol–water partition coefficient (Wildman–Crippen LogP) is 5.88. The largest absolute Gasteiger partial charge is 0.497 e. The Kier molecular flexibility index (Phi) is 11.3. The zero-order chi connectivity index (χ0) is 34.2. The first-order chi connectivity index (χ1) is 23.1. The van der Waals surface area contributed by atoms with E-state index in [4.69, 9.17) is 23.9 Å². The molecule has 1 saturated heterocycles. The molecule has 3 heterocycles. The molecule has 0 unspecified atom stereocenters. The van der Waals surface area contributed by atoms with Gasteiger partial charge in [-0.15, -0.1) is 0 Å². The monoisotopic (exact) mass is 655 g/mol. The third kappa shape index (κ3) is 8.50. The van der Waals surface area contributed by atoms with Crippen molar-refractivity contribution in [2.45, 2.75) is 27.2 Å². The Bertz CT molecular complexity index is 1710. The number of anilines is 3. The van der Waals surface area contributed by atoms with Gasteiger partial charge in [0.1, 0.15) is 11.5 Å². The van der Waals surface area contributed by atoms with Gasteiger partial charge in [-0.25, -0.2) is 14.8 Å². The Balaban J connectivity index is 1.32. The Morgan fingerprint density at radius 2 is 1.71 bits per heavy atom. The fourth-order valence-corrected chi connectivity index (χ4v) is 5.42. The van der Waals surface area contributed by atoms with Crippen LogP contribution in [0.1, 0.15) is 23.1 Å². The Morgan fingerprint density at radius 3 is 2.42 bits per heavy atom. The van der Waals surface area contributed by atoms with E-state index in [-0.39, 0.29) is 11.8 Å². The summed E-state index contributed by atoms with van der Waals surface area (Å²) < 4.78 is 22.5. The average Bonchev–Trinajstić information content (AvgIpc) is 3.09. The summed E-state index contributed by atoms with van der Waals surface area (Å²) in [6.45, 7) is 12.2. The summed E-state index contributed by atoms with van der Waals surface area (Å²) in [5.74, 6) is 1.93. The maximum Gasteiger partial charge on any atom is 0.420 e. The van der Waals surface area contributed by atoms with Crippen LogP contribution in [-0.4, -0.2) is 98.5 Å². The number of nitrogens with zero attached hydrogens (tertiary/aromatic N) is 6. The van der Waals surface area contributed by atoms with Crippen LogP contribution in [-0.2, 0) is 0 Å². The molecule has 12 heteroatoms. The number of carbonyl (C=O) groups is 1. The van der Waals surface area contributed by atoms with Gasteiger partial charge in [0.15, 0.2) is 0 Å². The van der Waals surface area contributed by atoms with Crippen LogP contribution in [0, 0.1) is 20.8 Å². The minimum absolute atomic E-state index is 0.0760. The number of carbonyl (C=O) groups excluding carboxylic acids is 1. The van der Waals surface area contributed by atoms with E-state index >= 15 is 0 Å². The number of benzene rings is 2. The summed E-state index contributed by atoms with van der Waals surface area (Å²) >= 11 is 0. The van der Waals surface area contributed by atoms with Crippen LogP contribution in [0.25, 0.3) is 11.3 Å². The molecule has 48 heavy (non-hydrogen) atoms. The lowest BCUT2D eigenvalue weighted by molar-refractivity contribution is 0.145. The van der Waals surface area contributed by atoms with Crippen LogP contribution in [0.15, 0.2) is 54.7 Å². The summed E-state index contributed by atoms with van der Waals surface area (Å²) in [5.41, 5.74) is 6.06. The number of rotatable bonds is 12. The van der Waals surface area contributed by atoms with Crippen LogP contribution < -0.4 is 29.2 Å². The number of nitrogens with one attached hydrogen (secondary N) is 1. The molecule has 1 N–H and O–H groups in total. The molecule has 5 rings (SSSR count). The number of methoxy groups -OCH3 is 2. The summed E-state index contributed by atoms with van der Waals surface area (Å²) in [5, 5.41) is 3.22. The van der Waals surface area contributed by atoms with Crippen molar-refractivity contribution in [2.24, 2.45) is 0 Å². The molecule has 4 aromatic rings. The first kappa shape index (κ1) is 34.4. The third-order valence-corrected chi connectivity index (χ3v) is 8.71. The van der Waals surface area contributed by atoms with Gasteiger partial charge < -0.3 is 34.1 Å². The Morgan fingerprint density at radius 1 is 0.917 bits per heavy atom. The molecule has 0 bridgehead atoms. The van der Waals surface area contributed by atoms with Crippen molar-refractivity contribution in [1.82, 2.24) is 24.8 Å². The minimum atomic E-state index is -0.662. The van der Waals surface area contributed by atoms with E-state index < -0.39 is 6.09 Å². The third-order valence-electron chi connectivity index (χ3n) is 8.71. The number of amides is 1. The lowest BCUT2D eigenvalue weighted by Gasteiger charge is -2.32. The summed E-state index contributed by atoms with van der Waals surface area (Å²) in [4.78, 5) is 33.4. The zero-order valence-corrected chi connectivity index (χ0v) is 28.9. The van der Waals surface area contributed by atoms with Crippen molar-refractivity contribution in [1.29, 1.82) is 0 Å². The van der Waals surface area contributed by atoms with Crippen molar-refractivity contribution < 1.29 is 23.7 Å². The van der Waals surface area contributed by atoms with Crippen LogP contribution in [0.3, 0.4) is 0 Å². The quantitative estimate of drug-likeness (QED) is 0.185. The molecule has 0 spiro atoms. The van der Waals surface area contributed by atoms with Gasteiger partial charge in [-0.2, -0.15) is 4.98 Å². The maximum absolute atomic E-state index is 13.4. The minimum Gasteiger partial charge on any atom is -0.497 e. The van der Waals surface area contributed by atoms with Gasteiger partial charge in [0.05, 0.1) is 44.1 Å². The van der Waals surface area contributed by atoms with Crippen molar-refractivity contribution in [3.8, 4) is 34.5 Å². The number of aryl methyl sites for hydroxylation is 1. The first-order valence-electron chi connectivity index (χ1n) is 16.1. The molecule has 0 aliphatic carbocycles. The Hall–Kier alpha value is -4.94. The van der Waals surface area contributed by atoms with E-state index in [1.54, 1.807) is 44.6 Å². The fourth-order valence-electron chi connectivity index (χ4n) is 5.42. The normalized spacial score (nSPS) is 13.6. The highest BCUT2D eigenvalue weighted by Crippen LogP contribution is 2.33. The topological polar surface area (TPSA) is 114 Å². The highest BCUT2D eigenvalue weighted by atomic mass is 16.6. The molecule has 12 nitrogen and oxygen atoms in total. The summed E-state index contributed by atoms with van der Waals surface area (Å²) in [6.07, 6.45) is 1.94. The second-order valence-corrected chi connectivity index (χ2v) is 11.9. The van der Waals surface area contributed by atoms with Gasteiger partial charge in [-0.05, 0) is 69.1 Å². The number of likely N-dealkylation sites (N-methyl/N-ethyl adjacent to an activating group) is 1. The van der Waals surface area contributed by atoms with Crippen molar-refractivity contribution >= 4 is 23.4 Å². The summed E-state index contributed by atoms with van der Waals surface area (Å²) in [6, 6.07) is 14.6. The number of hydrogen-bond acceptors (Lipinski definition) is 11. The lowest BCUT2D eigenvalue weighted by atomic mass is 9.97. The highest BCUT2D eigenvalue weighted by molar-refractivity contribution is 5.90. The maximum atomic E-state index is 13.4. The van der Waals surface area contributed by atoms with Gasteiger partial charge in [-0.3, -0.25) is 4.90 Å². The number of piperazine rings is 1. The molecule has 0 saturated carbocycles. The van der Waals surface area contributed by atoms with Crippen LogP contribution in [0.4, 0.5) is 22.1 Å². The van der Waals surface area contributed by atoms with Crippen LogP contribution in [0.2, 0.25) is 0 Å². The van der Waals surface area contributed by atoms with Gasteiger partial charge >= 0.3 is 6.09 Å². The predicted molar refractivity (Wildman–Crippen MR) is 187 cm³/mol. The highest BCUT2D eigenvalue weighted by Gasteiger charge is 2.21. The second kappa shape index (κ2) is 15.8. The molecular weight excluding hydrogens is 610 g/mol. The summed E-state index contributed by atoms with van der Waals surface area (Å²) in [7, 11) is 6.85. The SMILES string of the molecule is COc1ccc(OC)c(N(C)C(=O)Oc2cc(-c3ccc(C)c(C)c3C)nc(Nc3ccc(OCCCN4CCN(C)CC4)nc3)n2)c1. The van der Waals surface area contributed by atoms with Gasteiger partial charge in [0, 0.05) is 63.5 Å². The molecular formula is C36H45N7O5. The molecule has 1 fully saturated rings. The average molecular weight is 656 g/mol. The van der Waals surface area contributed by atoms with Crippen molar-refractivity contribution in [3.63, 3.8) is 0 Å².